The van der Waals surface area contributed by atoms with Crippen LogP contribution in [0.2, 0.25) is 0 Å². The van der Waals surface area contributed by atoms with Gasteiger partial charge in [0.05, 0.1) is 106 Å². The lowest BCUT2D eigenvalue weighted by Gasteiger charge is -2.11. The van der Waals surface area contributed by atoms with Gasteiger partial charge >= 0.3 is 0 Å². The molecule has 8 rings (SSSR count). The molecule has 0 saturated carbocycles. The zero-order valence-electron chi connectivity index (χ0n) is 92.0. The molecule has 0 fully saturated rings. The van der Waals surface area contributed by atoms with Crippen molar-refractivity contribution in [3.05, 3.63) is 190 Å². The van der Waals surface area contributed by atoms with Crippen molar-refractivity contribution in [3.8, 4) is 92.0 Å². The fourth-order valence-corrected chi connectivity index (χ4v) is 13.5. The lowest BCUT2D eigenvalue weighted by molar-refractivity contribution is 0.270. The van der Waals surface area contributed by atoms with Crippen LogP contribution in [0.15, 0.2) is 97.1 Å². The zero-order chi connectivity index (χ0) is 111. The third kappa shape index (κ3) is 57.2. The Morgan fingerprint density at radius 3 is 0.327 bits per heavy atom. The second kappa shape index (κ2) is 89.0. The predicted molar refractivity (Wildman–Crippen MR) is 565 cm³/mol. The van der Waals surface area contributed by atoms with E-state index in [1.807, 2.05) is 27.7 Å². The molecule has 0 unspecified atom stereocenters. The number of unbranched alkanes of at least 4 members (excludes halogenated alkanes) is 27. The van der Waals surface area contributed by atoms with Crippen molar-refractivity contribution in [1.29, 1.82) is 0 Å². The van der Waals surface area contributed by atoms with E-state index in [1.165, 1.54) is 161 Å². The molecule has 852 valence electrons. The molecule has 150 heavy (non-hydrogen) atoms. The van der Waals surface area contributed by atoms with E-state index in [9.17, 15) is 70.2 Å². The molecule has 0 amide bonds. The summed E-state index contributed by atoms with van der Waals surface area (Å²) >= 11 is 0. The van der Waals surface area contributed by atoms with Crippen LogP contribution in [0.4, 0.5) is 70.2 Å². The van der Waals surface area contributed by atoms with Gasteiger partial charge in [0.25, 0.3) is 0 Å². The Balaban J connectivity index is 0.000000858. The summed E-state index contributed by atoms with van der Waals surface area (Å²) in [7, 11) is 0. The van der Waals surface area contributed by atoms with Gasteiger partial charge in [0.2, 0.25) is 93.1 Å². The first-order valence-electron chi connectivity index (χ1n) is 54.5. The summed E-state index contributed by atoms with van der Waals surface area (Å²) in [5, 5.41) is 0. The summed E-state index contributed by atoms with van der Waals surface area (Å²) in [6, 6.07) is 22.5. The fraction of sp³-hybridized carbons (Fsp3) is 0.593. The maximum absolute atomic E-state index is 13.8. The molecule has 32 heteroatoms. The van der Waals surface area contributed by atoms with Crippen LogP contribution in [0.3, 0.4) is 0 Å². The summed E-state index contributed by atoms with van der Waals surface area (Å²) in [5.74, 6) is -16.5. The number of halogens is 16. The molecular weight excluding hydrogens is 1980 g/mol. The Kier molecular flexibility index (Phi) is 81.5. The Morgan fingerprint density at radius 1 is 0.107 bits per heavy atom. The van der Waals surface area contributed by atoms with Gasteiger partial charge in [-0.15, -0.1) is 0 Å². The smallest absolute Gasteiger partial charge is 0.204 e. The van der Waals surface area contributed by atoms with Gasteiger partial charge in [-0.1, -0.05) is 250 Å². The van der Waals surface area contributed by atoms with Gasteiger partial charge in [-0.2, -0.15) is 70.2 Å². The monoisotopic (exact) mass is 2150 g/mol. The third-order valence-electron chi connectivity index (χ3n) is 21.8. The number of ether oxygens (including phenoxy) is 16. The molecule has 0 aliphatic carbocycles. The normalized spacial score (nSPS) is 10.5. The number of hydrogen-bond acceptors (Lipinski definition) is 16. The molecule has 0 bridgehead atoms. The first-order valence-corrected chi connectivity index (χ1v) is 54.5. The second-order valence-electron chi connectivity index (χ2n) is 34.6. The minimum Gasteiger partial charge on any atom is -0.491 e. The minimum absolute atomic E-state index is 0.0371. The van der Waals surface area contributed by atoms with E-state index in [4.69, 9.17) is 75.8 Å². The van der Waals surface area contributed by atoms with Gasteiger partial charge in [-0.25, -0.2) is 0 Å². The summed E-state index contributed by atoms with van der Waals surface area (Å²) in [5.41, 5.74) is 0. The predicted octanol–water partition coefficient (Wildman–Crippen LogP) is 36.9. The van der Waals surface area contributed by atoms with E-state index >= 15 is 0 Å². The molecule has 16 nitrogen and oxygen atoms in total. The highest BCUT2D eigenvalue weighted by Gasteiger charge is 2.24. The third-order valence-corrected chi connectivity index (χ3v) is 21.8. The van der Waals surface area contributed by atoms with E-state index in [2.05, 4.69) is 48.5 Å². The standard InChI is InChI=1S/C17H26F2O2.2C16H24F2O2.2C15H22F2O2.C14H20F2O2.C13H18F2O2.C12H16F2O2/c1-3-5-6-7-8-9-13-21-15-11-10-14(20-12-4-2)16(18)17(15)19;1-3-5-6-7-8-12-20-14-10-9-13(19-11-4-2)15(17)16(14)18;1-3-5-6-7-8-9-12-20-14-11-10-13(19-4-2)15(17)16(14)18;1-3-5-6-7-11-19-13-9-8-12(18-10-4-2)14(16)15(13)17;1-3-5-6-7-8-11-19-13-10-9-12(18-4-2)14(16)15(13)17;1-3-5-6-7-10-18-12-9-8-11(17-4-2)13(15)14(12)16;1-3-5-6-9-17-11-8-7-10(16-4-2)12(14)13(11)15;1-3-5-8-16-10-7-6-9(15-4-2)11(13)12(10)14/h10-11H,3-9,12-13H2,1-2H3;9-10H,3-8,11-12H2,1-2H3;10-11H,3-9,12H2,1-2H3;8-9H,3-7,10-11H2,1-2H3;9-10H,3-8,11H2,1-2H3;8-9H,3-7,10H2,1-2H3;7-8H,3-6,9H2,1-2H3;6-7H,3-5,8H2,1-2H3. The van der Waals surface area contributed by atoms with Gasteiger partial charge in [-0.05, 0) is 202 Å². The van der Waals surface area contributed by atoms with E-state index in [1.54, 1.807) is 34.6 Å². The van der Waals surface area contributed by atoms with Crippen molar-refractivity contribution >= 4 is 0 Å². The van der Waals surface area contributed by atoms with Crippen molar-refractivity contribution in [2.75, 3.05) is 106 Å². The van der Waals surface area contributed by atoms with Crippen molar-refractivity contribution in [2.24, 2.45) is 0 Å². The van der Waals surface area contributed by atoms with Gasteiger partial charge in [-0.3, -0.25) is 0 Å². The lowest BCUT2D eigenvalue weighted by Crippen LogP contribution is -2.03. The van der Waals surface area contributed by atoms with E-state index in [0.717, 1.165) is 180 Å². The minimum atomic E-state index is -0.990. The van der Waals surface area contributed by atoms with Gasteiger partial charge in [0.1, 0.15) is 0 Å². The lowest BCUT2D eigenvalue weighted by atomic mass is 10.1. The van der Waals surface area contributed by atoms with E-state index in [0.29, 0.717) is 106 Å². The quantitative estimate of drug-likeness (QED) is 0.0263. The number of benzene rings is 8. The Morgan fingerprint density at radius 2 is 0.200 bits per heavy atom. The first-order chi connectivity index (χ1) is 72.6. The zero-order valence-corrected chi connectivity index (χ0v) is 92.0. The van der Waals surface area contributed by atoms with Crippen LogP contribution in [0.25, 0.3) is 0 Å². The van der Waals surface area contributed by atoms with Crippen LogP contribution < -0.4 is 75.8 Å². The maximum Gasteiger partial charge on any atom is 0.204 e. The summed E-state index contributed by atoms with van der Waals surface area (Å²) in [6.45, 7) is 37.1. The largest absolute Gasteiger partial charge is 0.491 e. The van der Waals surface area contributed by atoms with Crippen LogP contribution in [-0.4, -0.2) is 106 Å². The molecule has 0 saturated heterocycles. The Labute approximate surface area is 884 Å². The molecule has 0 atom stereocenters. The molecule has 0 spiro atoms. The number of hydrogen-bond donors (Lipinski definition) is 0. The van der Waals surface area contributed by atoms with Crippen LogP contribution in [0.5, 0.6) is 92.0 Å². The van der Waals surface area contributed by atoms with Crippen LogP contribution >= 0.6 is 0 Å². The van der Waals surface area contributed by atoms with E-state index < -0.39 is 93.1 Å². The fourth-order valence-electron chi connectivity index (χ4n) is 13.5. The summed E-state index contributed by atoms with van der Waals surface area (Å²) in [4.78, 5) is 0. The first kappa shape index (κ1) is 137. The molecule has 0 aliphatic heterocycles. The average Bonchev–Trinajstić information content (AvgIpc) is 0.881. The maximum atomic E-state index is 13.8. The van der Waals surface area contributed by atoms with Gasteiger partial charge in [0.15, 0.2) is 92.0 Å². The van der Waals surface area contributed by atoms with Gasteiger partial charge < -0.3 is 75.8 Å². The molecule has 0 heterocycles. The highest BCUT2D eigenvalue weighted by atomic mass is 19.2. The molecular formula is C118H172F16O16. The van der Waals surface area contributed by atoms with Crippen LogP contribution in [0, 0.1) is 93.1 Å². The van der Waals surface area contributed by atoms with E-state index in [-0.39, 0.29) is 92.0 Å². The number of rotatable bonds is 70. The Hall–Kier alpha value is -10.6. The molecule has 8 aromatic rings. The SMILES string of the molecule is CCCCCCCCOc1ccc(OCC)c(F)c1F.CCCCCCCCOc1ccc(OCCC)c(F)c1F.CCCCCCCOc1ccc(OCC)c(F)c1F.CCCCCCCOc1ccc(OCCC)c(F)c1F.CCCCCCOc1ccc(OCC)c(F)c1F.CCCCCCOc1ccc(OCCC)c(F)c1F.CCCCCOc1ccc(OCC)c(F)c1F.CCCCOc1ccc(OCC)c(F)c1F. The highest BCUT2D eigenvalue weighted by molar-refractivity contribution is 5.41. The highest BCUT2D eigenvalue weighted by Crippen LogP contribution is 2.37. The van der Waals surface area contributed by atoms with Crippen LogP contribution in [-0.2, 0) is 0 Å². The second-order valence-corrected chi connectivity index (χ2v) is 34.6. The summed E-state index contributed by atoms with van der Waals surface area (Å²) < 4.78 is 300. The topological polar surface area (TPSA) is 148 Å². The Bertz CT molecular complexity index is 4770. The van der Waals surface area contributed by atoms with Crippen LogP contribution in [0.1, 0.15) is 355 Å². The van der Waals surface area contributed by atoms with Crippen molar-refractivity contribution in [1.82, 2.24) is 0 Å². The summed E-state index contributed by atoms with van der Waals surface area (Å²) in [6.07, 6.45) is 39.6. The average molecular weight is 2150 g/mol. The molecule has 0 aromatic heterocycles. The molecule has 8 aromatic carbocycles. The molecule has 0 aliphatic rings. The van der Waals surface area contributed by atoms with Crippen molar-refractivity contribution < 1.29 is 146 Å². The van der Waals surface area contributed by atoms with Crippen molar-refractivity contribution in [2.45, 2.75) is 355 Å². The molecule has 0 radical (unpaired) electrons. The molecule has 0 N–H and O–H groups in total. The van der Waals surface area contributed by atoms with Crippen molar-refractivity contribution in [3.63, 3.8) is 0 Å². The van der Waals surface area contributed by atoms with Gasteiger partial charge in [0, 0.05) is 0 Å².